The summed E-state index contributed by atoms with van der Waals surface area (Å²) in [7, 11) is 1.57. The fraction of sp³-hybridized carbons (Fsp3) is 0.0909. The van der Waals surface area contributed by atoms with Crippen LogP contribution in [0, 0.1) is 12.7 Å². The van der Waals surface area contributed by atoms with Crippen molar-refractivity contribution in [2.24, 2.45) is 7.05 Å². The molecule has 0 aliphatic carbocycles. The van der Waals surface area contributed by atoms with Gasteiger partial charge >= 0.3 is 6.03 Å². The van der Waals surface area contributed by atoms with Gasteiger partial charge in [-0.2, -0.15) is 4.98 Å². The molecule has 0 spiro atoms. The second-order valence-corrected chi connectivity index (χ2v) is 7.07. The molecule has 2 aromatic heterocycles. The van der Waals surface area contributed by atoms with Crippen molar-refractivity contribution in [3.05, 3.63) is 76.5 Å². The van der Waals surface area contributed by atoms with Gasteiger partial charge in [0.25, 0.3) is 5.56 Å². The van der Waals surface area contributed by atoms with E-state index in [1.807, 2.05) is 13.0 Å². The number of nitrogens with zero attached hydrogens (tertiary/aromatic N) is 3. The van der Waals surface area contributed by atoms with E-state index in [4.69, 9.17) is 5.73 Å². The summed E-state index contributed by atoms with van der Waals surface area (Å²) in [6.45, 7) is 1.90. The van der Waals surface area contributed by atoms with Crippen LogP contribution in [0.25, 0.3) is 22.2 Å². The lowest BCUT2D eigenvalue weighted by Gasteiger charge is -2.12. The van der Waals surface area contributed by atoms with Crippen LogP contribution in [0.15, 0.2) is 59.5 Å². The average Bonchev–Trinajstić information content (AvgIpc) is 2.73. The predicted molar refractivity (Wildman–Crippen MR) is 118 cm³/mol. The second-order valence-electron chi connectivity index (χ2n) is 7.07. The van der Waals surface area contributed by atoms with Crippen molar-refractivity contribution in [2.75, 3.05) is 16.4 Å². The first-order chi connectivity index (χ1) is 14.8. The number of nitrogen functional groups attached to an aromatic ring is 1. The monoisotopic (exact) mass is 418 g/mol. The van der Waals surface area contributed by atoms with Gasteiger partial charge in [-0.1, -0.05) is 18.2 Å². The number of hydrogen-bond acceptors (Lipinski definition) is 5. The Bertz CT molecular complexity index is 1380. The third-order valence-corrected chi connectivity index (χ3v) is 4.77. The number of fused-ring (bicyclic) bond motifs is 1. The summed E-state index contributed by atoms with van der Waals surface area (Å²) in [5.74, 6) is -0.569. The van der Waals surface area contributed by atoms with Crippen LogP contribution in [0.3, 0.4) is 0 Å². The molecular weight excluding hydrogens is 399 g/mol. The van der Waals surface area contributed by atoms with Crippen molar-refractivity contribution in [3.8, 4) is 11.1 Å². The number of urea groups is 1. The van der Waals surface area contributed by atoms with Gasteiger partial charge in [-0.05, 0) is 48.4 Å². The molecule has 0 aliphatic rings. The highest BCUT2D eigenvalue weighted by atomic mass is 19.1. The Balaban J connectivity index is 1.68. The van der Waals surface area contributed by atoms with Crippen LogP contribution < -0.4 is 21.9 Å². The molecule has 0 unspecified atom stereocenters. The van der Waals surface area contributed by atoms with Crippen molar-refractivity contribution in [1.82, 2.24) is 14.5 Å². The topological polar surface area (TPSA) is 115 Å². The fourth-order valence-corrected chi connectivity index (χ4v) is 3.26. The lowest BCUT2D eigenvalue weighted by Crippen LogP contribution is -2.21. The van der Waals surface area contributed by atoms with Crippen molar-refractivity contribution < 1.29 is 9.18 Å². The van der Waals surface area contributed by atoms with Crippen LogP contribution in [0.2, 0.25) is 0 Å². The largest absolute Gasteiger partial charge is 0.368 e. The highest BCUT2D eigenvalue weighted by molar-refractivity contribution is 6.00. The molecule has 2 amide bonds. The lowest BCUT2D eigenvalue weighted by atomic mass is 10.1. The molecule has 4 rings (SSSR count). The van der Waals surface area contributed by atoms with Gasteiger partial charge in [0.2, 0.25) is 5.95 Å². The number of amides is 2. The third-order valence-electron chi connectivity index (χ3n) is 4.77. The van der Waals surface area contributed by atoms with E-state index in [9.17, 15) is 14.0 Å². The van der Waals surface area contributed by atoms with Crippen molar-refractivity contribution >= 4 is 34.4 Å². The third kappa shape index (κ3) is 4.06. The highest BCUT2D eigenvalue weighted by Gasteiger charge is 2.14. The molecule has 2 aromatic carbocycles. The number of nitrogens with two attached hydrogens (primary N) is 1. The molecule has 0 atom stereocenters. The smallest absolute Gasteiger partial charge is 0.323 e. The Labute approximate surface area is 176 Å². The van der Waals surface area contributed by atoms with E-state index in [0.717, 1.165) is 5.56 Å². The Morgan fingerprint density at radius 1 is 1.13 bits per heavy atom. The van der Waals surface area contributed by atoms with E-state index in [0.29, 0.717) is 27.8 Å². The number of pyridine rings is 1. The minimum Gasteiger partial charge on any atom is -0.368 e. The standard InChI is InChI=1S/C22H19FN6O2/c1-12-4-3-5-15(8-12)26-22(31)27-18-10-13(6-7-17(18)23)16-9-14-11-25-21(24)28-19(14)29(2)20(16)30/h3-11H,1-2H3,(H2,24,25,28)(H2,26,27,31). The molecule has 4 N–H and O–H groups in total. The number of benzene rings is 2. The average molecular weight is 418 g/mol. The van der Waals surface area contributed by atoms with Crippen LogP contribution in [-0.4, -0.2) is 20.6 Å². The van der Waals surface area contributed by atoms with Gasteiger partial charge < -0.3 is 16.4 Å². The first kappa shape index (κ1) is 20.0. The Hall–Kier alpha value is -4.27. The van der Waals surface area contributed by atoms with E-state index in [-0.39, 0.29) is 17.2 Å². The SMILES string of the molecule is Cc1cccc(NC(=O)Nc2cc(-c3cc4cnc(N)nc4n(C)c3=O)ccc2F)c1. The molecule has 0 saturated heterocycles. The molecule has 0 saturated carbocycles. The van der Waals surface area contributed by atoms with E-state index >= 15 is 0 Å². The Morgan fingerprint density at radius 3 is 2.71 bits per heavy atom. The van der Waals surface area contributed by atoms with Gasteiger partial charge in [0.05, 0.1) is 5.69 Å². The summed E-state index contributed by atoms with van der Waals surface area (Å²) >= 11 is 0. The summed E-state index contributed by atoms with van der Waals surface area (Å²) in [4.78, 5) is 33.2. The number of aryl methyl sites for hydroxylation is 2. The summed E-state index contributed by atoms with van der Waals surface area (Å²) in [5, 5.41) is 5.75. The van der Waals surface area contributed by atoms with E-state index in [1.54, 1.807) is 31.3 Å². The molecule has 0 radical (unpaired) electrons. The van der Waals surface area contributed by atoms with Gasteiger partial charge in [-0.3, -0.25) is 9.36 Å². The van der Waals surface area contributed by atoms with Crippen LogP contribution in [0.5, 0.6) is 0 Å². The summed E-state index contributed by atoms with van der Waals surface area (Å²) in [6, 6.07) is 12.3. The molecular formula is C22H19FN6O2. The van der Waals surface area contributed by atoms with Crippen LogP contribution in [0.4, 0.5) is 26.5 Å². The number of halogens is 1. The molecule has 31 heavy (non-hydrogen) atoms. The molecule has 0 aliphatic heterocycles. The zero-order valence-electron chi connectivity index (χ0n) is 16.8. The number of aromatic nitrogens is 3. The number of hydrogen-bond donors (Lipinski definition) is 3. The summed E-state index contributed by atoms with van der Waals surface area (Å²) in [6.07, 6.45) is 1.51. The van der Waals surface area contributed by atoms with Gasteiger partial charge in [0.1, 0.15) is 11.5 Å². The van der Waals surface area contributed by atoms with Crippen LogP contribution in [-0.2, 0) is 7.05 Å². The van der Waals surface area contributed by atoms with E-state index < -0.39 is 11.8 Å². The molecule has 2 heterocycles. The van der Waals surface area contributed by atoms with E-state index in [2.05, 4.69) is 20.6 Å². The molecule has 0 bridgehead atoms. The van der Waals surface area contributed by atoms with E-state index in [1.165, 1.54) is 29.0 Å². The van der Waals surface area contributed by atoms with Crippen molar-refractivity contribution in [1.29, 1.82) is 0 Å². The quantitative estimate of drug-likeness (QED) is 0.470. The van der Waals surface area contributed by atoms with Crippen molar-refractivity contribution in [3.63, 3.8) is 0 Å². The molecule has 8 nitrogen and oxygen atoms in total. The van der Waals surface area contributed by atoms with Gasteiger partial charge in [0.15, 0.2) is 0 Å². The first-order valence-electron chi connectivity index (χ1n) is 9.38. The first-order valence-corrected chi connectivity index (χ1v) is 9.38. The number of nitrogens with one attached hydrogen (secondary N) is 2. The van der Waals surface area contributed by atoms with Gasteiger partial charge in [0, 0.05) is 29.9 Å². The summed E-state index contributed by atoms with van der Waals surface area (Å²) in [5.41, 5.74) is 7.91. The number of anilines is 3. The van der Waals surface area contributed by atoms with Crippen LogP contribution in [0.1, 0.15) is 5.56 Å². The normalized spacial score (nSPS) is 10.8. The fourth-order valence-electron chi connectivity index (χ4n) is 3.26. The number of carbonyl (C=O) groups is 1. The molecule has 0 fully saturated rings. The predicted octanol–water partition coefficient (Wildman–Crippen LogP) is 3.67. The zero-order valence-corrected chi connectivity index (χ0v) is 16.8. The van der Waals surface area contributed by atoms with Crippen LogP contribution >= 0.6 is 0 Å². The summed E-state index contributed by atoms with van der Waals surface area (Å²) < 4.78 is 15.7. The van der Waals surface area contributed by atoms with Gasteiger partial charge in [-0.25, -0.2) is 14.2 Å². The second kappa shape index (κ2) is 7.86. The lowest BCUT2D eigenvalue weighted by molar-refractivity contribution is 0.262. The number of carbonyl (C=O) groups excluding carboxylic acids is 1. The maximum absolute atomic E-state index is 14.4. The zero-order chi connectivity index (χ0) is 22.1. The highest BCUT2D eigenvalue weighted by Crippen LogP contribution is 2.25. The molecule has 4 aromatic rings. The maximum Gasteiger partial charge on any atom is 0.323 e. The Morgan fingerprint density at radius 2 is 1.94 bits per heavy atom. The van der Waals surface area contributed by atoms with Crippen molar-refractivity contribution in [2.45, 2.75) is 6.92 Å². The minimum atomic E-state index is -0.628. The molecule has 156 valence electrons. The maximum atomic E-state index is 14.4. The minimum absolute atomic E-state index is 0.0571. The number of rotatable bonds is 3. The Kier molecular flexibility index (Phi) is 5.08. The molecule has 9 heteroatoms. The van der Waals surface area contributed by atoms with Gasteiger partial charge in [-0.15, -0.1) is 0 Å².